The lowest BCUT2D eigenvalue weighted by atomic mass is 10.1. The molecule has 0 amide bonds. The van der Waals surface area contributed by atoms with Gasteiger partial charge < -0.3 is 15.5 Å². The summed E-state index contributed by atoms with van der Waals surface area (Å²) >= 11 is 0. The van der Waals surface area contributed by atoms with Gasteiger partial charge in [0.15, 0.2) is 11.5 Å². The summed E-state index contributed by atoms with van der Waals surface area (Å²) in [7, 11) is -3.92. The average Bonchev–Trinajstić information content (AvgIpc) is 2.52. The quantitative estimate of drug-likeness (QED) is 0.343. The average molecular weight is 313 g/mol. The molecule has 5 nitrogen and oxygen atoms in total. The van der Waals surface area contributed by atoms with Gasteiger partial charge >= 0.3 is 0 Å². The molecule has 6 heteroatoms. The Kier molecular flexibility index (Phi) is 2.44. The Bertz CT molecular complexity index is 1040. The Morgan fingerprint density at radius 3 is 2.23 bits per heavy atom. The highest BCUT2D eigenvalue weighted by atomic mass is 32.2. The maximum absolute atomic E-state index is 12.8. The van der Waals surface area contributed by atoms with E-state index in [1.54, 1.807) is 42.5 Å². The van der Waals surface area contributed by atoms with Crippen molar-refractivity contribution in [2.45, 2.75) is 9.79 Å². The third-order valence-corrected chi connectivity index (χ3v) is 5.69. The molecule has 0 saturated carbocycles. The summed E-state index contributed by atoms with van der Waals surface area (Å²) < 4.78 is 25.6. The van der Waals surface area contributed by atoms with E-state index in [9.17, 15) is 18.6 Å². The van der Waals surface area contributed by atoms with Crippen molar-refractivity contribution in [3.63, 3.8) is 0 Å². The van der Waals surface area contributed by atoms with Crippen molar-refractivity contribution < 1.29 is 18.6 Å². The smallest absolute Gasteiger partial charge is 0.214 e. The van der Waals surface area contributed by atoms with E-state index in [1.165, 1.54) is 6.07 Å². The molecule has 0 saturated heterocycles. The number of aromatic hydroxyl groups is 2. The van der Waals surface area contributed by atoms with E-state index in [-0.39, 0.29) is 15.5 Å². The predicted molar refractivity (Wildman–Crippen MR) is 82.5 cm³/mol. The first-order valence-electron chi connectivity index (χ1n) is 6.59. The van der Waals surface area contributed by atoms with E-state index >= 15 is 0 Å². The number of phenolic OH excluding ortho intramolecular Hbond substituents is 2. The fourth-order valence-corrected chi connectivity index (χ4v) is 4.49. The van der Waals surface area contributed by atoms with Gasteiger partial charge in [-0.05, 0) is 12.1 Å². The van der Waals surface area contributed by atoms with Gasteiger partial charge in [-0.25, -0.2) is 8.42 Å². The van der Waals surface area contributed by atoms with Crippen LogP contribution in [0.2, 0.25) is 0 Å². The second kappa shape index (κ2) is 4.14. The standard InChI is InChI=1S/C16H11NO4S/c18-14-10-6-2-1-5-9(10)13-16(15(14)19)22(20,21)12-8-4-3-7-11(12)17-13/h1-8,17-19H. The summed E-state index contributed by atoms with van der Waals surface area (Å²) in [6.07, 6.45) is 0. The van der Waals surface area contributed by atoms with Gasteiger partial charge in [0.25, 0.3) is 0 Å². The van der Waals surface area contributed by atoms with Gasteiger partial charge in [-0.15, -0.1) is 0 Å². The first-order valence-corrected chi connectivity index (χ1v) is 8.08. The summed E-state index contributed by atoms with van der Waals surface area (Å²) in [6.45, 7) is 0. The highest BCUT2D eigenvalue weighted by Crippen LogP contribution is 2.51. The lowest BCUT2D eigenvalue weighted by Crippen LogP contribution is -2.14. The Labute approximate surface area is 126 Å². The topological polar surface area (TPSA) is 86.6 Å². The molecule has 22 heavy (non-hydrogen) atoms. The van der Waals surface area contributed by atoms with Gasteiger partial charge in [-0.1, -0.05) is 36.4 Å². The molecule has 4 rings (SSSR count). The minimum absolute atomic E-state index is 0.0764. The highest BCUT2D eigenvalue weighted by molar-refractivity contribution is 7.92. The van der Waals surface area contributed by atoms with E-state index in [0.717, 1.165) is 0 Å². The molecule has 1 aliphatic heterocycles. The van der Waals surface area contributed by atoms with Crippen LogP contribution < -0.4 is 5.32 Å². The summed E-state index contributed by atoms with van der Waals surface area (Å²) in [5, 5.41) is 24.4. The number of phenols is 2. The van der Waals surface area contributed by atoms with Crippen LogP contribution in [-0.2, 0) is 9.84 Å². The van der Waals surface area contributed by atoms with Gasteiger partial charge in [0.2, 0.25) is 9.84 Å². The molecule has 0 spiro atoms. The van der Waals surface area contributed by atoms with Crippen molar-refractivity contribution in [3.8, 4) is 11.5 Å². The van der Waals surface area contributed by atoms with Crippen LogP contribution in [0.3, 0.4) is 0 Å². The zero-order chi connectivity index (χ0) is 15.5. The fraction of sp³-hybridized carbons (Fsp3) is 0. The molecule has 0 radical (unpaired) electrons. The number of fused-ring (bicyclic) bond motifs is 4. The number of anilines is 2. The van der Waals surface area contributed by atoms with E-state index in [4.69, 9.17) is 0 Å². The Morgan fingerprint density at radius 2 is 1.45 bits per heavy atom. The second-order valence-electron chi connectivity index (χ2n) is 5.07. The van der Waals surface area contributed by atoms with Crippen LogP contribution in [0.1, 0.15) is 0 Å². The number of hydrogen-bond acceptors (Lipinski definition) is 5. The molecular weight excluding hydrogens is 302 g/mol. The third-order valence-electron chi connectivity index (χ3n) is 3.82. The van der Waals surface area contributed by atoms with Gasteiger partial charge in [-0.2, -0.15) is 0 Å². The van der Waals surface area contributed by atoms with Gasteiger partial charge in [0.05, 0.1) is 16.3 Å². The van der Waals surface area contributed by atoms with E-state index in [1.807, 2.05) is 0 Å². The molecule has 0 bridgehead atoms. The molecule has 0 fully saturated rings. The molecule has 3 N–H and O–H groups in total. The Hall–Kier alpha value is -2.73. The molecule has 1 aliphatic rings. The minimum atomic E-state index is -3.92. The molecular formula is C16H11NO4S. The number of para-hydroxylation sites is 1. The number of benzene rings is 3. The predicted octanol–water partition coefficient (Wildman–Crippen LogP) is 3.14. The number of rotatable bonds is 0. The minimum Gasteiger partial charge on any atom is -0.504 e. The van der Waals surface area contributed by atoms with Crippen LogP contribution >= 0.6 is 0 Å². The van der Waals surface area contributed by atoms with Gasteiger partial charge in [-0.3, -0.25) is 0 Å². The summed E-state index contributed by atoms with van der Waals surface area (Å²) in [5.41, 5.74) is 0.731. The van der Waals surface area contributed by atoms with Crippen molar-refractivity contribution in [2.75, 3.05) is 5.32 Å². The molecule has 3 aromatic rings. The third kappa shape index (κ3) is 1.50. The molecule has 3 aromatic carbocycles. The van der Waals surface area contributed by atoms with E-state index in [0.29, 0.717) is 16.5 Å². The Balaban J connectivity index is 2.22. The fourth-order valence-electron chi connectivity index (χ4n) is 2.82. The number of nitrogens with one attached hydrogen (secondary N) is 1. The zero-order valence-electron chi connectivity index (χ0n) is 11.2. The molecule has 0 aliphatic carbocycles. The van der Waals surface area contributed by atoms with Crippen LogP contribution in [-0.4, -0.2) is 18.6 Å². The van der Waals surface area contributed by atoms with Crippen LogP contribution in [0.5, 0.6) is 11.5 Å². The number of hydrogen-bond donors (Lipinski definition) is 3. The second-order valence-corrected chi connectivity index (χ2v) is 6.93. The normalized spacial score (nSPS) is 14.9. The summed E-state index contributed by atoms with van der Waals surface area (Å²) in [5.74, 6) is -1.06. The molecule has 0 unspecified atom stereocenters. The van der Waals surface area contributed by atoms with Crippen molar-refractivity contribution >= 4 is 32.0 Å². The maximum Gasteiger partial charge on any atom is 0.214 e. The van der Waals surface area contributed by atoms with Crippen LogP contribution in [0.15, 0.2) is 58.3 Å². The monoisotopic (exact) mass is 313 g/mol. The lowest BCUT2D eigenvalue weighted by Gasteiger charge is -2.24. The van der Waals surface area contributed by atoms with Crippen molar-refractivity contribution in [1.82, 2.24) is 0 Å². The van der Waals surface area contributed by atoms with Crippen molar-refractivity contribution in [3.05, 3.63) is 48.5 Å². The first kappa shape index (κ1) is 13.0. The first-order chi connectivity index (χ1) is 10.5. The summed E-state index contributed by atoms with van der Waals surface area (Å²) in [4.78, 5) is -0.213. The molecule has 110 valence electrons. The van der Waals surface area contributed by atoms with Crippen LogP contribution in [0.4, 0.5) is 11.4 Å². The number of sulfone groups is 1. The lowest BCUT2D eigenvalue weighted by molar-refractivity contribution is 0.398. The van der Waals surface area contributed by atoms with Gasteiger partial charge in [0.1, 0.15) is 4.90 Å². The SMILES string of the molecule is O=S1(=O)c2ccccc2Nc2c1c(O)c(O)c1ccccc21. The molecule has 1 heterocycles. The largest absolute Gasteiger partial charge is 0.504 e. The zero-order valence-corrected chi connectivity index (χ0v) is 12.1. The Morgan fingerprint density at radius 1 is 0.818 bits per heavy atom. The van der Waals surface area contributed by atoms with Gasteiger partial charge in [0, 0.05) is 10.8 Å². The van der Waals surface area contributed by atoms with Crippen molar-refractivity contribution in [1.29, 1.82) is 0 Å². The van der Waals surface area contributed by atoms with Crippen LogP contribution in [0, 0.1) is 0 Å². The van der Waals surface area contributed by atoms with E-state index < -0.39 is 21.3 Å². The van der Waals surface area contributed by atoms with Crippen LogP contribution in [0.25, 0.3) is 10.8 Å². The van der Waals surface area contributed by atoms with E-state index in [2.05, 4.69) is 5.32 Å². The van der Waals surface area contributed by atoms with Crippen molar-refractivity contribution in [2.24, 2.45) is 0 Å². The molecule has 0 atom stereocenters. The maximum atomic E-state index is 12.8. The summed E-state index contributed by atoms with van der Waals surface area (Å²) in [6, 6.07) is 13.2. The highest BCUT2D eigenvalue weighted by Gasteiger charge is 2.35. The molecule has 0 aromatic heterocycles.